The Morgan fingerprint density at radius 1 is 1.27 bits per heavy atom. The van der Waals surface area contributed by atoms with Crippen molar-refractivity contribution in [3.05, 3.63) is 53.0 Å². The summed E-state index contributed by atoms with van der Waals surface area (Å²) in [5.41, 5.74) is 2.21. The fraction of sp³-hybridized carbons (Fsp3) is 0.400. The standard InChI is InChI=1S/C20H23NO5/c1-13-5-7-17(14(2)10-13)25-12-16-6-8-18(26-16)19(22)21-9-3-4-15(11-21)20(23)24/h5-8,10,15H,3-4,9,11-12H2,1-2H3,(H,23,24)/t15-/m1/s1. The molecule has 6 nitrogen and oxygen atoms in total. The van der Waals surface area contributed by atoms with Crippen LogP contribution in [0.1, 0.15) is 40.3 Å². The average Bonchev–Trinajstić information content (AvgIpc) is 3.09. The van der Waals surface area contributed by atoms with E-state index in [1.807, 2.05) is 32.0 Å². The van der Waals surface area contributed by atoms with Gasteiger partial charge in [0.2, 0.25) is 0 Å². The number of hydrogen-bond acceptors (Lipinski definition) is 4. The highest BCUT2D eigenvalue weighted by molar-refractivity contribution is 5.92. The van der Waals surface area contributed by atoms with Gasteiger partial charge in [0.25, 0.3) is 5.91 Å². The molecular formula is C20H23NO5. The van der Waals surface area contributed by atoms with Crippen LogP contribution in [0.2, 0.25) is 0 Å². The molecule has 0 spiro atoms. The summed E-state index contributed by atoms with van der Waals surface area (Å²) in [5, 5.41) is 9.15. The summed E-state index contributed by atoms with van der Waals surface area (Å²) in [6.07, 6.45) is 1.29. The number of furan rings is 1. The quantitative estimate of drug-likeness (QED) is 0.887. The summed E-state index contributed by atoms with van der Waals surface area (Å²) in [6.45, 7) is 5.02. The zero-order chi connectivity index (χ0) is 18.7. The van der Waals surface area contributed by atoms with Gasteiger partial charge >= 0.3 is 5.97 Å². The van der Waals surface area contributed by atoms with Crippen molar-refractivity contribution >= 4 is 11.9 Å². The minimum Gasteiger partial charge on any atom is -0.485 e. The van der Waals surface area contributed by atoms with Gasteiger partial charge in [-0.1, -0.05) is 17.7 Å². The molecule has 6 heteroatoms. The Bertz CT molecular complexity index is 810. The maximum atomic E-state index is 12.5. The number of ether oxygens (including phenoxy) is 1. The van der Waals surface area contributed by atoms with E-state index in [0.717, 1.165) is 11.3 Å². The number of carbonyl (C=O) groups excluding carboxylic acids is 1. The lowest BCUT2D eigenvalue weighted by atomic mass is 9.98. The molecule has 26 heavy (non-hydrogen) atoms. The van der Waals surface area contributed by atoms with Crippen LogP contribution in [0.4, 0.5) is 0 Å². The summed E-state index contributed by atoms with van der Waals surface area (Å²) in [5.74, 6) is -0.0798. The molecule has 1 N–H and O–H groups in total. The van der Waals surface area contributed by atoms with Gasteiger partial charge in [-0.15, -0.1) is 0 Å². The fourth-order valence-corrected chi connectivity index (χ4v) is 3.20. The van der Waals surface area contributed by atoms with Gasteiger partial charge in [0, 0.05) is 13.1 Å². The predicted molar refractivity (Wildman–Crippen MR) is 95.2 cm³/mol. The maximum Gasteiger partial charge on any atom is 0.308 e. The number of aliphatic carboxylic acids is 1. The first-order valence-electron chi connectivity index (χ1n) is 8.75. The minimum atomic E-state index is -0.857. The summed E-state index contributed by atoms with van der Waals surface area (Å²) < 4.78 is 11.4. The van der Waals surface area contributed by atoms with E-state index in [4.69, 9.17) is 14.3 Å². The van der Waals surface area contributed by atoms with Crippen LogP contribution in [0.25, 0.3) is 0 Å². The van der Waals surface area contributed by atoms with Gasteiger partial charge in [-0.25, -0.2) is 0 Å². The van der Waals surface area contributed by atoms with Gasteiger partial charge in [-0.05, 0) is 50.5 Å². The minimum absolute atomic E-state index is 0.218. The van der Waals surface area contributed by atoms with Crippen LogP contribution < -0.4 is 4.74 Å². The molecule has 0 aliphatic carbocycles. The maximum absolute atomic E-state index is 12.5. The molecule has 0 saturated carbocycles. The number of carbonyl (C=O) groups is 2. The van der Waals surface area contributed by atoms with E-state index in [9.17, 15) is 9.59 Å². The van der Waals surface area contributed by atoms with Crippen molar-refractivity contribution in [1.29, 1.82) is 0 Å². The first-order chi connectivity index (χ1) is 12.4. The zero-order valence-electron chi connectivity index (χ0n) is 15.0. The SMILES string of the molecule is Cc1ccc(OCc2ccc(C(=O)N3CCC[C@@H](C(=O)O)C3)o2)c(C)c1. The van der Waals surface area contributed by atoms with Crippen molar-refractivity contribution in [2.45, 2.75) is 33.3 Å². The molecule has 1 aromatic carbocycles. The lowest BCUT2D eigenvalue weighted by Gasteiger charge is -2.29. The van der Waals surface area contributed by atoms with E-state index in [1.54, 1.807) is 17.0 Å². The largest absolute Gasteiger partial charge is 0.485 e. The molecule has 2 aromatic rings. The molecule has 1 aliphatic heterocycles. The molecule has 138 valence electrons. The molecule has 3 rings (SSSR count). The molecular weight excluding hydrogens is 334 g/mol. The van der Waals surface area contributed by atoms with Crippen LogP contribution in [0, 0.1) is 19.8 Å². The number of nitrogens with zero attached hydrogens (tertiary/aromatic N) is 1. The van der Waals surface area contributed by atoms with Crippen molar-refractivity contribution in [2.24, 2.45) is 5.92 Å². The van der Waals surface area contributed by atoms with E-state index in [-0.39, 0.29) is 24.8 Å². The molecule has 1 amide bonds. The molecule has 0 radical (unpaired) electrons. The lowest BCUT2D eigenvalue weighted by Crippen LogP contribution is -2.42. The highest BCUT2D eigenvalue weighted by atomic mass is 16.5. The number of carboxylic acid groups (broad SMARTS) is 1. The number of carboxylic acids is 1. The first-order valence-corrected chi connectivity index (χ1v) is 8.75. The van der Waals surface area contributed by atoms with Crippen molar-refractivity contribution in [2.75, 3.05) is 13.1 Å². The van der Waals surface area contributed by atoms with Gasteiger partial charge in [-0.3, -0.25) is 9.59 Å². The Hall–Kier alpha value is -2.76. The Kier molecular flexibility index (Phi) is 5.30. The number of likely N-dealkylation sites (tertiary alicyclic amines) is 1. The van der Waals surface area contributed by atoms with E-state index in [1.165, 1.54) is 5.56 Å². The third kappa shape index (κ3) is 4.07. The van der Waals surface area contributed by atoms with E-state index in [0.29, 0.717) is 25.1 Å². The molecule has 0 unspecified atom stereocenters. The third-order valence-corrected chi connectivity index (χ3v) is 4.63. The first kappa shape index (κ1) is 18.0. The van der Waals surface area contributed by atoms with Crippen molar-refractivity contribution in [1.82, 2.24) is 4.90 Å². The van der Waals surface area contributed by atoms with Crippen LogP contribution in [-0.2, 0) is 11.4 Å². The number of piperidine rings is 1. The summed E-state index contributed by atoms with van der Waals surface area (Å²) in [6, 6.07) is 9.28. The van der Waals surface area contributed by atoms with Crippen LogP contribution in [0.3, 0.4) is 0 Å². The van der Waals surface area contributed by atoms with Gasteiger partial charge < -0.3 is 19.2 Å². The second-order valence-corrected chi connectivity index (χ2v) is 6.75. The molecule has 0 bridgehead atoms. The number of rotatable bonds is 5. The number of aryl methyl sites for hydroxylation is 2. The predicted octanol–water partition coefficient (Wildman–Crippen LogP) is 3.41. The zero-order valence-corrected chi connectivity index (χ0v) is 15.0. The summed E-state index contributed by atoms with van der Waals surface area (Å²) in [4.78, 5) is 25.3. The molecule has 1 atom stereocenters. The van der Waals surface area contributed by atoms with Crippen molar-refractivity contribution in [3.63, 3.8) is 0 Å². The fourth-order valence-electron chi connectivity index (χ4n) is 3.20. The Morgan fingerprint density at radius 3 is 2.81 bits per heavy atom. The summed E-state index contributed by atoms with van der Waals surface area (Å²) in [7, 11) is 0. The Labute approximate surface area is 152 Å². The summed E-state index contributed by atoms with van der Waals surface area (Å²) >= 11 is 0. The lowest BCUT2D eigenvalue weighted by molar-refractivity contribution is -0.143. The molecule has 1 aliphatic rings. The van der Waals surface area contributed by atoms with Crippen LogP contribution in [0.5, 0.6) is 5.75 Å². The number of amides is 1. The van der Waals surface area contributed by atoms with E-state index < -0.39 is 11.9 Å². The van der Waals surface area contributed by atoms with Gasteiger partial charge in [-0.2, -0.15) is 0 Å². The highest BCUT2D eigenvalue weighted by Gasteiger charge is 2.29. The van der Waals surface area contributed by atoms with Gasteiger partial charge in [0.05, 0.1) is 5.92 Å². The van der Waals surface area contributed by atoms with E-state index in [2.05, 4.69) is 0 Å². The number of hydrogen-bond donors (Lipinski definition) is 1. The number of benzene rings is 1. The Morgan fingerprint density at radius 2 is 2.08 bits per heavy atom. The van der Waals surface area contributed by atoms with Crippen molar-refractivity contribution in [3.8, 4) is 5.75 Å². The topological polar surface area (TPSA) is 80.0 Å². The van der Waals surface area contributed by atoms with Gasteiger partial charge in [0.15, 0.2) is 5.76 Å². The van der Waals surface area contributed by atoms with Crippen LogP contribution in [0.15, 0.2) is 34.7 Å². The van der Waals surface area contributed by atoms with Gasteiger partial charge in [0.1, 0.15) is 18.1 Å². The molecule has 1 fully saturated rings. The third-order valence-electron chi connectivity index (χ3n) is 4.63. The molecule has 1 saturated heterocycles. The molecule has 1 aromatic heterocycles. The van der Waals surface area contributed by atoms with Crippen molar-refractivity contribution < 1.29 is 23.8 Å². The second kappa shape index (κ2) is 7.64. The monoisotopic (exact) mass is 357 g/mol. The average molecular weight is 357 g/mol. The Balaban J connectivity index is 1.62. The highest BCUT2D eigenvalue weighted by Crippen LogP contribution is 2.22. The second-order valence-electron chi connectivity index (χ2n) is 6.75. The normalized spacial score (nSPS) is 17.2. The smallest absolute Gasteiger partial charge is 0.308 e. The molecule has 2 heterocycles. The van der Waals surface area contributed by atoms with Crippen LogP contribution >= 0.6 is 0 Å². The van der Waals surface area contributed by atoms with E-state index >= 15 is 0 Å². The van der Waals surface area contributed by atoms with Crippen LogP contribution in [-0.4, -0.2) is 35.0 Å².